The summed E-state index contributed by atoms with van der Waals surface area (Å²) < 4.78 is 0. The standard InChI is InChI=1S/C15H19N5O4/c1-8(2)5-12(15(23)24)17-13(21)7-16-14(22)9-3-4-10-11(6-9)19-20-18-10/h3-4,6,8,12H,5,7H2,1-2H3,(H,16,22)(H,17,21)(H,23,24)(H,18,19,20)/t12-/m0/s1. The topological polar surface area (TPSA) is 137 Å². The molecule has 0 saturated heterocycles. The summed E-state index contributed by atoms with van der Waals surface area (Å²) in [5.74, 6) is -1.99. The minimum absolute atomic E-state index is 0.121. The third-order valence-electron chi connectivity index (χ3n) is 3.33. The predicted molar refractivity (Wildman–Crippen MR) is 85.2 cm³/mol. The zero-order chi connectivity index (χ0) is 17.7. The predicted octanol–water partition coefficient (Wildman–Crippen LogP) is 0.303. The Bertz CT molecular complexity index is 755. The number of rotatable bonds is 7. The highest BCUT2D eigenvalue weighted by atomic mass is 16.4. The van der Waals surface area contributed by atoms with Gasteiger partial charge in [0.25, 0.3) is 5.91 Å². The van der Waals surface area contributed by atoms with Crippen molar-refractivity contribution in [2.45, 2.75) is 26.3 Å². The van der Waals surface area contributed by atoms with Crippen molar-refractivity contribution < 1.29 is 19.5 Å². The van der Waals surface area contributed by atoms with E-state index < -0.39 is 23.8 Å². The van der Waals surface area contributed by atoms with Crippen molar-refractivity contribution >= 4 is 28.8 Å². The van der Waals surface area contributed by atoms with Gasteiger partial charge in [0.1, 0.15) is 17.1 Å². The number of aromatic amines is 1. The van der Waals surface area contributed by atoms with E-state index in [4.69, 9.17) is 5.11 Å². The lowest BCUT2D eigenvalue weighted by Crippen LogP contribution is -2.46. The second kappa shape index (κ2) is 7.53. The van der Waals surface area contributed by atoms with Crippen LogP contribution in [-0.2, 0) is 9.59 Å². The number of nitrogens with zero attached hydrogens (tertiary/aromatic N) is 2. The summed E-state index contributed by atoms with van der Waals surface area (Å²) in [7, 11) is 0. The number of amides is 2. The van der Waals surface area contributed by atoms with Crippen LogP contribution in [0.15, 0.2) is 18.2 Å². The van der Waals surface area contributed by atoms with Gasteiger partial charge in [-0.25, -0.2) is 4.79 Å². The number of aliphatic carboxylic acids is 1. The number of nitrogens with one attached hydrogen (secondary N) is 3. The fraction of sp³-hybridized carbons (Fsp3) is 0.400. The Morgan fingerprint density at radius 3 is 2.58 bits per heavy atom. The van der Waals surface area contributed by atoms with Gasteiger partial charge in [0.15, 0.2) is 0 Å². The van der Waals surface area contributed by atoms with Crippen LogP contribution in [0.2, 0.25) is 0 Å². The van der Waals surface area contributed by atoms with Gasteiger partial charge in [0, 0.05) is 5.56 Å². The SMILES string of the molecule is CC(C)C[C@H](NC(=O)CNC(=O)c1ccc2n[nH]nc2c1)C(=O)O. The van der Waals surface area contributed by atoms with E-state index in [1.54, 1.807) is 18.2 Å². The van der Waals surface area contributed by atoms with Crippen molar-refractivity contribution in [3.8, 4) is 0 Å². The molecule has 2 amide bonds. The van der Waals surface area contributed by atoms with E-state index in [9.17, 15) is 14.4 Å². The molecule has 9 heteroatoms. The molecule has 0 fully saturated rings. The Morgan fingerprint density at radius 2 is 1.92 bits per heavy atom. The lowest BCUT2D eigenvalue weighted by Gasteiger charge is -2.16. The van der Waals surface area contributed by atoms with Crippen LogP contribution in [0.1, 0.15) is 30.6 Å². The molecule has 4 N–H and O–H groups in total. The summed E-state index contributed by atoms with van der Waals surface area (Å²) in [5, 5.41) is 24.2. The molecule has 1 heterocycles. The zero-order valence-corrected chi connectivity index (χ0v) is 13.4. The average Bonchev–Trinajstić information content (AvgIpc) is 2.98. The normalized spacial score (nSPS) is 12.1. The first kappa shape index (κ1) is 17.4. The van der Waals surface area contributed by atoms with E-state index in [0.29, 0.717) is 23.0 Å². The fourth-order valence-electron chi connectivity index (χ4n) is 2.18. The Hall–Kier alpha value is -2.97. The monoisotopic (exact) mass is 333 g/mol. The van der Waals surface area contributed by atoms with Crippen molar-refractivity contribution in [3.05, 3.63) is 23.8 Å². The second-order valence-corrected chi connectivity index (χ2v) is 5.80. The minimum atomic E-state index is -1.10. The Labute approximate surface area is 137 Å². The molecule has 2 aromatic rings. The van der Waals surface area contributed by atoms with Gasteiger partial charge in [-0.2, -0.15) is 15.4 Å². The van der Waals surface area contributed by atoms with Crippen molar-refractivity contribution in [2.24, 2.45) is 5.92 Å². The van der Waals surface area contributed by atoms with E-state index in [0.717, 1.165) is 0 Å². The maximum atomic E-state index is 12.0. The van der Waals surface area contributed by atoms with E-state index >= 15 is 0 Å². The van der Waals surface area contributed by atoms with Gasteiger partial charge >= 0.3 is 5.97 Å². The van der Waals surface area contributed by atoms with Crippen LogP contribution >= 0.6 is 0 Å². The molecule has 0 saturated carbocycles. The van der Waals surface area contributed by atoms with Gasteiger partial charge in [-0.05, 0) is 30.5 Å². The van der Waals surface area contributed by atoms with Crippen LogP contribution < -0.4 is 10.6 Å². The van der Waals surface area contributed by atoms with Gasteiger partial charge in [0.05, 0.1) is 6.54 Å². The zero-order valence-electron chi connectivity index (χ0n) is 13.4. The molecule has 0 unspecified atom stereocenters. The Morgan fingerprint density at radius 1 is 1.21 bits per heavy atom. The number of carboxylic acid groups (broad SMARTS) is 1. The van der Waals surface area contributed by atoms with Gasteiger partial charge in [-0.3, -0.25) is 9.59 Å². The smallest absolute Gasteiger partial charge is 0.326 e. The molecule has 1 aromatic heterocycles. The molecule has 24 heavy (non-hydrogen) atoms. The first-order chi connectivity index (χ1) is 11.4. The van der Waals surface area contributed by atoms with Gasteiger partial charge in [-0.1, -0.05) is 13.8 Å². The number of hydrogen-bond donors (Lipinski definition) is 4. The largest absolute Gasteiger partial charge is 0.480 e. The van der Waals surface area contributed by atoms with Crippen LogP contribution in [-0.4, -0.2) is 50.9 Å². The van der Waals surface area contributed by atoms with Crippen molar-refractivity contribution in [1.29, 1.82) is 0 Å². The van der Waals surface area contributed by atoms with Crippen LogP contribution in [0.4, 0.5) is 0 Å². The lowest BCUT2D eigenvalue weighted by molar-refractivity contribution is -0.142. The van der Waals surface area contributed by atoms with Crippen molar-refractivity contribution in [2.75, 3.05) is 6.54 Å². The van der Waals surface area contributed by atoms with Crippen LogP contribution in [0, 0.1) is 5.92 Å². The quantitative estimate of drug-likeness (QED) is 0.575. The highest BCUT2D eigenvalue weighted by Gasteiger charge is 2.21. The number of H-pyrrole nitrogens is 1. The number of carboxylic acids is 1. The summed E-state index contributed by atoms with van der Waals surface area (Å²) in [6, 6.07) is 3.78. The maximum absolute atomic E-state index is 12.0. The maximum Gasteiger partial charge on any atom is 0.326 e. The van der Waals surface area contributed by atoms with Gasteiger partial charge in [0.2, 0.25) is 5.91 Å². The molecule has 0 aliphatic carbocycles. The fourth-order valence-corrected chi connectivity index (χ4v) is 2.18. The molecular formula is C15H19N5O4. The average molecular weight is 333 g/mol. The van der Waals surface area contributed by atoms with Crippen LogP contribution in [0.5, 0.6) is 0 Å². The number of carbonyl (C=O) groups is 3. The summed E-state index contributed by atoms with van der Waals surface area (Å²) in [4.78, 5) is 35.0. The molecule has 0 spiro atoms. The Kier molecular flexibility index (Phi) is 5.46. The minimum Gasteiger partial charge on any atom is -0.480 e. The lowest BCUT2D eigenvalue weighted by atomic mass is 10.0. The summed E-state index contributed by atoms with van der Waals surface area (Å²) in [6.45, 7) is 3.42. The molecule has 0 aliphatic rings. The van der Waals surface area contributed by atoms with Gasteiger partial charge in [-0.15, -0.1) is 0 Å². The summed E-state index contributed by atoms with van der Waals surface area (Å²) in [6.07, 6.45) is 0.317. The molecule has 0 bridgehead atoms. The van der Waals surface area contributed by atoms with Crippen LogP contribution in [0.3, 0.4) is 0 Å². The third kappa shape index (κ3) is 4.51. The number of carbonyl (C=O) groups excluding carboxylic acids is 2. The number of fused-ring (bicyclic) bond motifs is 1. The van der Waals surface area contributed by atoms with Crippen LogP contribution in [0.25, 0.3) is 11.0 Å². The second-order valence-electron chi connectivity index (χ2n) is 5.80. The number of hydrogen-bond acceptors (Lipinski definition) is 5. The molecule has 128 valence electrons. The third-order valence-corrected chi connectivity index (χ3v) is 3.33. The molecule has 0 radical (unpaired) electrons. The highest BCUT2D eigenvalue weighted by Crippen LogP contribution is 2.10. The van der Waals surface area contributed by atoms with Crippen molar-refractivity contribution in [1.82, 2.24) is 26.0 Å². The van der Waals surface area contributed by atoms with E-state index in [1.165, 1.54) is 0 Å². The first-order valence-corrected chi connectivity index (χ1v) is 7.47. The Balaban J connectivity index is 1.90. The summed E-state index contributed by atoms with van der Waals surface area (Å²) >= 11 is 0. The van der Waals surface area contributed by atoms with Gasteiger partial charge < -0.3 is 15.7 Å². The van der Waals surface area contributed by atoms with E-state index in [2.05, 4.69) is 26.0 Å². The molecule has 2 rings (SSSR count). The van der Waals surface area contributed by atoms with Crippen molar-refractivity contribution in [3.63, 3.8) is 0 Å². The molecule has 1 aromatic carbocycles. The van der Waals surface area contributed by atoms with E-state index in [1.807, 2.05) is 13.8 Å². The molecule has 1 atom stereocenters. The molecule has 9 nitrogen and oxygen atoms in total. The molecular weight excluding hydrogens is 314 g/mol. The number of benzene rings is 1. The summed E-state index contributed by atoms with van der Waals surface area (Å²) in [5.41, 5.74) is 1.50. The first-order valence-electron chi connectivity index (χ1n) is 7.47. The highest BCUT2D eigenvalue weighted by molar-refractivity contribution is 5.99. The number of aromatic nitrogens is 3. The molecule has 0 aliphatic heterocycles. The van der Waals surface area contributed by atoms with E-state index in [-0.39, 0.29) is 12.5 Å².